The minimum atomic E-state index is 0.265. The molecule has 1 unspecified atom stereocenters. The lowest BCUT2D eigenvalue weighted by molar-refractivity contribution is 0.567. The van der Waals surface area contributed by atoms with Gasteiger partial charge in [0.15, 0.2) is 0 Å². The van der Waals surface area contributed by atoms with Crippen LogP contribution in [0.1, 0.15) is 23.2 Å². The third-order valence-corrected chi connectivity index (χ3v) is 4.76. The highest BCUT2D eigenvalue weighted by molar-refractivity contribution is 5.62. The minimum absolute atomic E-state index is 0.265. The van der Waals surface area contributed by atoms with Gasteiger partial charge in [-0.25, -0.2) is 0 Å². The lowest BCUT2D eigenvalue weighted by Gasteiger charge is -2.21. The van der Waals surface area contributed by atoms with Crippen LogP contribution in [0.2, 0.25) is 0 Å². The third-order valence-electron chi connectivity index (χ3n) is 4.76. The van der Waals surface area contributed by atoms with Gasteiger partial charge >= 0.3 is 0 Å². The molecule has 5 heteroatoms. The van der Waals surface area contributed by atoms with Gasteiger partial charge in [0.1, 0.15) is 0 Å². The number of aromatic nitrogens is 3. The average Bonchev–Trinajstić information content (AvgIpc) is 3.06. The lowest BCUT2D eigenvalue weighted by atomic mass is 9.92. The molecule has 0 spiro atoms. The molecule has 1 atom stereocenters. The van der Waals surface area contributed by atoms with Crippen LogP contribution in [-0.2, 0) is 26.4 Å². The van der Waals surface area contributed by atoms with Crippen molar-refractivity contribution in [2.75, 3.05) is 5.32 Å². The van der Waals surface area contributed by atoms with Crippen molar-refractivity contribution in [3.05, 3.63) is 65.7 Å². The van der Waals surface area contributed by atoms with Crippen LogP contribution in [0.25, 0.3) is 11.1 Å². The lowest BCUT2D eigenvalue weighted by Crippen LogP contribution is -2.28. The Morgan fingerprint density at radius 2 is 2.16 bits per heavy atom. The Morgan fingerprint density at radius 3 is 3.00 bits per heavy atom. The van der Waals surface area contributed by atoms with Crippen LogP contribution in [0.4, 0.5) is 5.69 Å². The fraction of sp³-hybridized carbons (Fsp3) is 0.300. The predicted octanol–water partition coefficient (Wildman–Crippen LogP) is 2.91. The van der Waals surface area contributed by atoms with Crippen molar-refractivity contribution in [2.24, 2.45) is 12.8 Å². The SMILES string of the molecule is Cn1cc(-c2cccc(CNc3cnc4c(c3)CC(N)CC4)c2)cn1. The molecule has 0 amide bonds. The first-order valence-electron chi connectivity index (χ1n) is 8.72. The number of pyridine rings is 1. The summed E-state index contributed by atoms with van der Waals surface area (Å²) in [5.41, 5.74) is 13.2. The van der Waals surface area contributed by atoms with E-state index in [0.29, 0.717) is 0 Å². The van der Waals surface area contributed by atoms with Crippen molar-refractivity contribution in [2.45, 2.75) is 31.8 Å². The minimum Gasteiger partial charge on any atom is -0.380 e. The Bertz CT molecular complexity index is 883. The van der Waals surface area contributed by atoms with E-state index in [9.17, 15) is 0 Å². The van der Waals surface area contributed by atoms with E-state index in [1.807, 2.05) is 30.3 Å². The molecule has 2 heterocycles. The fourth-order valence-electron chi connectivity index (χ4n) is 3.38. The molecule has 3 N–H and O–H groups in total. The second-order valence-electron chi connectivity index (χ2n) is 6.79. The maximum absolute atomic E-state index is 6.08. The van der Waals surface area contributed by atoms with Crippen LogP contribution in [0.5, 0.6) is 0 Å². The van der Waals surface area contributed by atoms with E-state index >= 15 is 0 Å². The molecule has 3 aromatic rings. The number of fused-ring (bicyclic) bond motifs is 1. The van der Waals surface area contributed by atoms with Gasteiger partial charge in [0.2, 0.25) is 0 Å². The van der Waals surface area contributed by atoms with Crippen molar-refractivity contribution in [1.82, 2.24) is 14.8 Å². The first-order chi connectivity index (χ1) is 12.2. The Hall–Kier alpha value is -2.66. The van der Waals surface area contributed by atoms with Gasteiger partial charge in [0, 0.05) is 37.1 Å². The van der Waals surface area contributed by atoms with Gasteiger partial charge in [-0.3, -0.25) is 9.67 Å². The van der Waals surface area contributed by atoms with E-state index in [2.05, 4.69) is 45.7 Å². The maximum Gasteiger partial charge on any atom is 0.0568 e. The number of nitrogens with one attached hydrogen (secondary N) is 1. The van der Waals surface area contributed by atoms with E-state index in [0.717, 1.165) is 37.1 Å². The number of hydrogen-bond donors (Lipinski definition) is 2. The van der Waals surface area contributed by atoms with Crippen LogP contribution in [-0.4, -0.2) is 20.8 Å². The third kappa shape index (κ3) is 3.56. The Labute approximate surface area is 147 Å². The van der Waals surface area contributed by atoms with Gasteiger partial charge in [-0.15, -0.1) is 0 Å². The quantitative estimate of drug-likeness (QED) is 0.770. The number of hydrogen-bond acceptors (Lipinski definition) is 4. The van der Waals surface area contributed by atoms with Gasteiger partial charge in [-0.1, -0.05) is 18.2 Å². The van der Waals surface area contributed by atoms with Crippen molar-refractivity contribution in [3.63, 3.8) is 0 Å². The molecule has 2 aromatic heterocycles. The zero-order valence-corrected chi connectivity index (χ0v) is 14.4. The number of nitrogens with zero attached hydrogens (tertiary/aromatic N) is 3. The van der Waals surface area contributed by atoms with E-state index in [4.69, 9.17) is 5.73 Å². The Balaban J connectivity index is 1.47. The molecule has 0 fully saturated rings. The highest BCUT2D eigenvalue weighted by Crippen LogP contribution is 2.23. The number of rotatable bonds is 4. The average molecular weight is 333 g/mol. The second kappa shape index (κ2) is 6.69. The summed E-state index contributed by atoms with van der Waals surface area (Å²) in [5, 5.41) is 7.73. The smallest absolute Gasteiger partial charge is 0.0568 e. The molecule has 1 aliphatic rings. The van der Waals surface area contributed by atoms with Crippen molar-refractivity contribution in [3.8, 4) is 11.1 Å². The summed E-state index contributed by atoms with van der Waals surface area (Å²) < 4.78 is 1.82. The Kier molecular flexibility index (Phi) is 4.24. The number of anilines is 1. The molecule has 0 saturated carbocycles. The van der Waals surface area contributed by atoms with Crippen molar-refractivity contribution < 1.29 is 0 Å². The number of nitrogens with two attached hydrogens (primary N) is 1. The molecule has 4 rings (SSSR count). The summed E-state index contributed by atoms with van der Waals surface area (Å²) in [6.07, 6.45) is 8.80. The second-order valence-corrected chi connectivity index (χ2v) is 6.79. The first kappa shape index (κ1) is 15.8. The van der Waals surface area contributed by atoms with Gasteiger partial charge in [0.05, 0.1) is 18.1 Å². The highest BCUT2D eigenvalue weighted by atomic mass is 15.2. The largest absolute Gasteiger partial charge is 0.380 e. The molecular weight excluding hydrogens is 310 g/mol. The number of aryl methyl sites for hydroxylation is 2. The van der Waals surface area contributed by atoms with Gasteiger partial charge in [-0.05, 0) is 48.1 Å². The van der Waals surface area contributed by atoms with Gasteiger partial charge < -0.3 is 11.1 Å². The van der Waals surface area contributed by atoms with E-state index in [1.165, 1.54) is 22.4 Å². The number of benzene rings is 1. The summed E-state index contributed by atoms with van der Waals surface area (Å²) in [5.74, 6) is 0. The first-order valence-corrected chi connectivity index (χ1v) is 8.72. The molecule has 0 aliphatic heterocycles. The topological polar surface area (TPSA) is 68.8 Å². The molecule has 5 nitrogen and oxygen atoms in total. The highest BCUT2D eigenvalue weighted by Gasteiger charge is 2.16. The molecule has 0 bridgehead atoms. The summed E-state index contributed by atoms with van der Waals surface area (Å²) in [7, 11) is 1.93. The van der Waals surface area contributed by atoms with E-state index in [-0.39, 0.29) is 6.04 Å². The van der Waals surface area contributed by atoms with Gasteiger partial charge in [-0.2, -0.15) is 5.10 Å². The van der Waals surface area contributed by atoms with Crippen LogP contribution in [0.3, 0.4) is 0 Å². The summed E-state index contributed by atoms with van der Waals surface area (Å²) in [6.45, 7) is 0.765. The van der Waals surface area contributed by atoms with Crippen LogP contribution in [0.15, 0.2) is 48.9 Å². The monoisotopic (exact) mass is 333 g/mol. The molecule has 1 aromatic carbocycles. The standard InChI is InChI=1S/C20H23N5/c1-25-13-17(11-24-25)15-4-2-3-14(7-15)10-22-19-9-16-8-18(21)5-6-20(16)23-12-19/h2-4,7,9,11-13,18,22H,5-6,8,10,21H2,1H3. The van der Waals surface area contributed by atoms with Crippen LogP contribution >= 0.6 is 0 Å². The molecule has 128 valence electrons. The maximum atomic E-state index is 6.08. The van der Waals surface area contributed by atoms with E-state index in [1.54, 1.807) is 0 Å². The predicted molar refractivity (Wildman–Crippen MR) is 100 cm³/mol. The zero-order valence-electron chi connectivity index (χ0n) is 14.4. The van der Waals surface area contributed by atoms with Crippen molar-refractivity contribution >= 4 is 5.69 Å². The zero-order chi connectivity index (χ0) is 17.2. The fourth-order valence-corrected chi connectivity index (χ4v) is 3.38. The molecule has 0 saturated heterocycles. The summed E-state index contributed by atoms with van der Waals surface area (Å²) >= 11 is 0. The van der Waals surface area contributed by atoms with Crippen molar-refractivity contribution in [1.29, 1.82) is 0 Å². The molecule has 1 aliphatic carbocycles. The molecule has 25 heavy (non-hydrogen) atoms. The normalized spacial score (nSPS) is 16.5. The summed E-state index contributed by atoms with van der Waals surface area (Å²) in [4.78, 5) is 4.60. The molecule has 0 radical (unpaired) electrons. The van der Waals surface area contributed by atoms with Gasteiger partial charge in [0.25, 0.3) is 0 Å². The molecular formula is C20H23N5. The Morgan fingerprint density at radius 1 is 1.24 bits per heavy atom. The van der Waals surface area contributed by atoms with Crippen LogP contribution in [0, 0.1) is 0 Å². The summed E-state index contributed by atoms with van der Waals surface area (Å²) in [6, 6.07) is 11.0. The van der Waals surface area contributed by atoms with E-state index < -0.39 is 0 Å². The van der Waals surface area contributed by atoms with Crippen LogP contribution < -0.4 is 11.1 Å².